The number of methoxy groups -OCH3 is 2. The molecule has 0 saturated carbocycles. The molecule has 0 radical (unpaired) electrons. The number of benzene rings is 3. The van der Waals surface area contributed by atoms with E-state index in [2.05, 4.69) is 22.5 Å². The third kappa shape index (κ3) is 7.19. The summed E-state index contributed by atoms with van der Waals surface area (Å²) in [5, 5.41) is 3.00. The van der Waals surface area contributed by atoms with Crippen LogP contribution in [-0.4, -0.2) is 42.8 Å². The van der Waals surface area contributed by atoms with E-state index in [4.69, 9.17) is 19.2 Å². The molecule has 7 heteroatoms. The number of aryl methyl sites for hydroxylation is 1. The van der Waals surface area contributed by atoms with Crippen molar-refractivity contribution in [1.82, 2.24) is 14.9 Å². The van der Waals surface area contributed by atoms with Gasteiger partial charge in [-0.15, -0.1) is 6.58 Å². The van der Waals surface area contributed by atoms with Crippen molar-refractivity contribution in [3.05, 3.63) is 96.3 Å². The molecule has 0 unspecified atom stereocenters. The van der Waals surface area contributed by atoms with Gasteiger partial charge in [0, 0.05) is 13.0 Å². The number of imidazole rings is 1. The molecule has 0 aliphatic carbocycles. The quantitative estimate of drug-likeness (QED) is 0.152. The number of unbranched alkanes of at least 4 members (excludes halogenated alkanes) is 2. The molecule has 1 N–H and O–H groups in total. The fourth-order valence-electron chi connectivity index (χ4n) is 4.65. The number of rotatable bonds is 15. The van der Waals surface area contributed by atoms with Crippen LogP contribution in [0.15, 0.2) is 79.4 Å². The Hall–Kier alpha value is -4.26. The van der Waals surface area contributed by atoms with Gasteiger partial charge in [-0.25, -0.2) is 4.98 Å². The van der Waals surface area contributed by atoms with Crippen LogP contribution in [-0.2, 0) is 19.4 Å². The smallest absolute Gasteiger partial charge is 0.255 e. The molecule has 39 heavy (non-hydrogen) atoms. The second-order valence-electron chi connectivity index (χ2n) is 9.26. The zero-order valence-corrected chi connectivity index (χ0v) is 22.8. The van der Waals surface area contributed by atoms with Crippen molar-refractivity contribution in [1.29, 1.82) is 0 Å². The Labute approximate surface area is 230 Å². The monoisotopic (exact) mass is 527 g/mol. The van der Waals surface area contributed by atoms with Gasteiger partial charge in [0.25, 0.3) is 5.91 Å². The number of hydrogen-bond donors (Lipinski definition) is 1. The first kappa shape index (κ1) is 27.8. The van der Waals surface area contributed by atoms with Crippen molar-refractivity contribution in [3.8, 4) is 17.2 Å². The number of para-hydroxylation sites is 3. The van der Waals surface area contributed by atoms with Crippen LogP contribution < -0.4 is 19.5 Å². The van der Waals surface area contributed by atoms with E-state index < -0.39 is 0 Å². The molecule has 0 aliphatic heterocycles. The zero-order valence-electron chi connectivity index (χ0n) is 22.8. The van der Waals surface area contributed by atoms with Gasteiger partial charge in [-0.3, -0.25) is 4.79 Å². The molecule has 0 fully saturated rings. The molecule has 4 aromatic rings. The highest BCUT2D eigenvalue weighted by molar-refractivity contribution is 5.96. The van der Waals surface area contributed by atoms with Crippen molar-refractivity contribution in [2.45, 2.75) is 38.6 Å². The molecule has 204 valence electrons. The number of amides is 1. The van der Waals surface area contributed by atoms with Gasteiger partial charge in [0.2, 0.25) is 0 Å². The summed E-state index contributed by atoms with van der Waals surface area (Å²) < 4.78 is 19.2. The molecule has 3 aromatic carbocycles. The molecule has 0 aliphatic rings. The van der Waals surface area contributed by atoms with Crippen LogP contribution >= 0.6 is 0 Å². The summed E-state index contributed by atoms with van der Waals surface area (Å²) in [6.45, 7) is 5.61. The number of allylic oxidation sites excluding steroid dienone is 1. The summed E-state index contributed by atoms with van der Waals surface area (Å²) in [4.78, 5) is 17.4. The lowest BCUT2D eigenvalue weighted by Gasteiger charge is -2.14. The Kier molecular flexibility index (Phi) is 10.0. The zero-order chi connectivity index (χ0) is 27.5. The second-order valence-corrected chi connectivity index (χ2v) is 9.26. The minimum absolute atomic E-state index is 0.110. The van der Waals surface area contributed by atoms with Gasteiger partial charge >= 0.3 is 0 Å². The molecule has 0 bridgehead atoms. The van der Waals surface area contributed by atoms with Crippen molar-refractivity contribution in [2.24, 2.45) is 0 Å². The molecule has 0 atom stereocenters. The van der Waals surface area contributed by atoms with E-state index in [-0.39, 0.29) is 5.91 Å². The second kappa shape index (κ2) is 14.0. The Morgan fingerprint density at radius 3 is 2.56 bits per heavy atom. The van der Waals surface area contributed by atoms with E-state index in [9.17, 15) is 4.79 Å². The largest absolute Gasteiger partial charge is 0.496 e. The maximum atomic E-state index is 12.5. The minimum atomic E-state index is -0.110. The number of aromatic nitrogens is 2. The van der Waals surface area contributed by atoms with Gasteiger partial charge in [0.05, 0.1) is 37.4 Å². The fraction of sp³-hybridized carbons (Fsp3) is 0.312. The van der Waals surface area contributed by atoms with Crippen LogP contribution in [0.1, 0.15) is 41.0 Å². The Balaban J connectivity index is 1.30. The maximum Gasteiger partial charge on any atom is 0.255 e. The summed E-state index contributed by atoms with van der Waals surface area (Å²) in [6.07, 6.45) is 6.38. The summed E-state index contributed by atoms with van der Waals surface area (Å²) in [5.41, 5.74) is 3.79. The lowest BCUT2D eigenvalue weighted by molar-refractivity contribution is 0.0950. The van der Waals surface area contributed by atoms with Gasteiger partial charge in [0.1, 0.15) is 18.2 Å². The molecular formula is C32H37N3O4. The van der Waals surface area contributed by atoms with E-state index in [0.29, 0.717) is 31.0 Å². The predicted octanol–water partition coefficient (Wildman–Crippen LogP) is 6.00. The highest BCUT2D eigenvalue weighted by Gasteiger charge is 2.13. The number of hydrogen-bond acceptors (Lipinski definition) is 5. The molecule has 0 saturated heterocycles. The number of carbonyl (C=O) groups is 1. The molecular weight excluding hydrogens is 490 g/mol. The SMILES string of the molecule is C=CCc1ccc(OCCn2c(CCCCCNC(=O)c3ccccc3OC)nc3ccccc32)c(OC)c1. The predicted molar refractivity (Wildman–Crippen MR) is 155 cm³/mol. The van der Waals surface area contributed by atoms with Crippen LogP contribution in [0.5, 0.6) is 17.2 Å². The highest BCUT2D eigenvalue weighted by atomic mass is 16.5. The van der Waals surface area contributed by atoms with Crippen LogP contribution in [0.3, 0.4) is 0 Å². The third-order valence-electron chi connectivity index (χ3n) is 6.63. The van der Waals surface area contributed by atoms with E-state index >= 15 is 0 Å². The lowest BCUT2D eigenvalue weighted by Crippen LogP contribution is -2.24. The highest BCUT2D eigenvalue weighted by Crippen LogP contribution is 2.28. The average molecular weight is 528 g/mol. The van der Waals surface area contributed by atoms with Gasteiger partial charge in [-0.1, -0.05) is 42.8 Å². The van der Waals surface area contributed by atoms with Crippen molar-refractivity contribution in [3.63, 3.8) is 0 Å². The van der Waals surface area contributed by atoms with E-state index in [0.717, 1.165) is 66.0 Å². The summed E-state index contributed by atoms with van der Waals surface area (Å²) in [7, 11) is 3.23. The van der Waals surface area contributed by atoms with Gasteiger partial charge in [0.15, 0.2) is 11.5 Å². The van der Waals surface area contributed by atoms with Crippen LogP contribution in [0.4, 0.5) is 0 Å². The van der Waals surface area contributed by atoms with Crippen LogP contribution in [0, 0.1) is 0 Å². The van der Waals surface area contributed by atoms with Crippen molar-refractivity contribution >= 4 is 16.9 Å². The van der Waals surface area contributed by atoms with Crippen molar-refractivity contribution in [2.75, 3.05) is 27.4 Å². The minimum Gasteiger partial charge on any atom is -0.496 e. The summed E-state index contributed by atoms with van der Waals surface area (Å²) >= 11 is 0. The molecule has 4 rings (SSSR count). The van der Waals surface area contributed by atoms with Crippen LogP contribution in [0.25, 0.3) is 11.0 Å². The molecule has 7 nitrogen and oxygen atoms in total. The molecule has 1 amide bonds. The Bertz CT molecular complexity index is 1400. The van der Waals surface area contributed by atoms with Crippen LogP contribution in [0.2, 0.25) is 0 Å². The van der Waals surface area contributed by atoms with Gasteiger partial charge in [-0.05, 0) is 61.2 Å². The number of carbonyl (C=O) groups excluding carboxylic acids is 1. The van der Waals surface area contributed by atoms with E-state index in [1.165, 1.54) is 0 Å². The Morgan fingerprint density at radius 2 is 1.74 bits per heavy atom. The summed E-state index contributed by atoms with van der Waals surface area (Å²) in [5.74, 6) is 2.97. The van der Waals surface area contributed by atoms with Gasteiger partial charge in [-0.2, -0.15) is 0 Å². The first-order valence-corrected chi connectivity index (χ1v) is 13.4. The average Bonchev–Trinajstić information content (AvgIpc) is 3.32. The normalized spacial score (nSPS) is 10.8. The number of fused-ring (bicyclic) bond motifs is 1. The maximum absolute atomic E-state index is 12.5. The topological polar surface area (TPSA) is 74.6 Å². The third-order valence-corrected chi connectivity index (χ3v) is 6.63. The van der Waals surface area contributed by atoms with Crippen molar-refractivity contribution < 1.29 is 19.0 Å². The number of nitrogens with one attached hydrogen (secondary N) is 1. The van der Waals surface area contributed by atoms with E-state index in [1.807, 2.05) is 54.6 Å². The first-order chi connectivity index (χ1) is 19.1. The standard InChI is InChI=1S/C32H37N3O4/c1-4-12-24-18-19-29(30(23-24)38-3)39-22-21-35-27-15-9-8-14-26(27)34-31(35)17-6-5-11-20-33-32(36)25-13-7-10-16-28(25)37-2/h4,7-10,13-16,18-19,23H,1,5-6,11-12,17,20-22H2,2-3H3,(H,33,36). The molecule has 1 aromatic heterocycles. The number of nitrogens with zero attached hydrogens (tertiary/aromatic N) is 2. The van der Waals surface area contributed by atoms with E-state index in [1.54, 1.807) is 26.4 Å². The Morgan fingerprint density at radius 1 is 0.949 bits per heavy atom. The fourth-order valence-corrected chi connectivity index (χ4v) is 4.65. The number of ether oxygens (including phenoxy) is 3. The first-order valence-electron chi connectivity index (χ1n) is 13.4. The lowest BCUT2D eigenvalue weighted by atomic mass is 10.1. The molecule has 0 spiro atoms. The van der Waals surface area contributed by atoms with Gasteiger partial charge < -0.3 is 24.1 Å². The summed E-state index contributed by atoms with van der Waals surface area (Å²) in [6, 6.07) is 21.4. The molecule has 1 heterocycles.